The molecular weight excluding hydrogens is 363 g/mol. The van der Waals surface area contributed by atoms with Crippen molar-refractivity contribution in [3.05, 3.63) is 71.5 Å². The minimum atomic E-state index is -0.860. The summed E-state index contributed by atoms with van der Waals surface area (Å²) < 4.78 is 18.4. The van der Waals surface area contributed by atoms with Gasteiger partial charge in [-0.25, -0.2) is 4.39 Å². The van der Waals surface area contributed by atoms with E-state index in [1.54, 1.807) is 42.5 Å². The maximum Gasteiger partial charge on any atom is 0.317 e. The summed E-state index contributed by atoms with van der Waals surface area (Å²) in [5.41, 5.74) is 4.71. The number of amides is 2. The number of esters is 1. The molecule has 0 bridgehead atoms. The first-order chi connectivity index (χ1) is 13.5. The molecule has 0 aromatic heterocycles. The number of hydrazine groups is 1. The van der Waals surface area contributed by atoms with Gasteiger partial charge in [0.1, 0.15) is 5.82 Å². The van der Waals surface area contributed by atoms with Crippen molar-refractivity contribution >= 4 is 17.8 Å². The Kier molecular flexibility index (Phi) is 6.03. The van der Waals surface area contributed by atoms with Crippen LogP contribution in [0.5, 0.6) is 0 Å². The van der Waals surface area contributed by atoms with Crippen LogP contribution in [0.15, 0.2) is 54.6 Å². The highest BCUT2D eigenvalue weighted by Gasteiger charge is 2.44. The monoisotopic (exact) mass is 384 g/mol. The molecule has 1 fully saturated rings. The Morgan fingerprint density at radius 3 is 2.21 bits per heavy atom. The van der Waals surface area contributed by atoms with Crippen LogP contribution in [0, 0.1) is 5.82 Å². The van der Waals surface area contributed by atoms with Gasteiger partial charge >= 0.3 is 5.97 Å². The van der Waals surface area contributed by atoms with Crippen molar-refractivity contribution < 1.29 is 23.5 Å². The summed E-state index contributed by atoms with van der Waals surface area (Å²) in [4.78, 5) is 36.6. The van der Waals surface area contributed by atoms with Crippen molar-refractivity contribution in [2.24, 2.45) is 0 Å². The van der Waals surface area contributed by atoms with E-state index in [1.165, 1.54) is 12.1 Å². The normalized spacial score (nSPS) is 14.9. The minimum absolute atomic E-state index is 0.376. The number of carbonyl (C=O) groups is 3. The van der Waals surface area contributed by atoms with Crippen molar-refractivity contribution in [3.8, 4) is 0 Å². The van der Waals surface area contributed by atoms with Gasteiger partial charge in [0.2, 0.25) is 0 Å². The topological polar surface area (TPSA) is 84.5 Å². The average Bonchev–Trinajstić information content (AvgIpc) is 3.22. The van der Waals surface area contributed by atoms with Crippen LogP contribution in [0.3, 0.4) is 0 Å². The van der Waals surface area contributed by atoms with Gasteiger partial charge in [-0.05, 0) is 42.7 Å². The second-order valence-corrected chi connectivity index (χ2v) is 6.74. The molecule has 0 saturated heterocycles. The molecule has 1 aliphatic rings. The Balaban J connectivity index is 1.55. The van der Waals surface area contributed by atoms with Crippen molar-refractivity contribution in [1.29, 1.82) is 0 Å². The van der Waals surface area contributed by atoms with E-state index in [9.17, 15) is 18.8 Å². The molecule has 28 heavy (non-hydrogen) atoms. The zero-order valence-corrected chi connectivity index (χ0v) is 15.2. The number of rotatable bonds is 5. The minimum Gasteiger partial charge on any atom is -0.455 e. The standard InChI is InChI=1S/C21H21FN2O4/c22-17-10-8-16(9-11-17)21(12-4-5-13-21)20(27)28-14-18(25)23-24-19(26)15-6-2-1-3-7-15/h1-3,6-11H,4-5,12-14H2,(H,23,25)(H,24,26). The third-order valence-corrected chi connectivity index (χ3v) is 4.93. The predicted molar refractivity (Wildman–Crippen MR) is 99.6 cm³/mol. The summed E-state index contributed by atoms with van der Waals surface area (Å²) in [7, 11) is 0. The maximum absolute atomic E-state index is 13.2. The Morgan fingerprint density at radius 2 is 1.57 bits per heavy atom. The number of hydrogen-bond donors (Lipinski definition) is 2. The summed E-state index contributed by atoms with van der Waals surface area (Å²) in [6.07, 6.45) is 2.88. The van der Waals surface area contributed by atoms with Crippen LogP contribution in [0.2, 0.25) is 0 Å². The molecule has 1 saturated carbocycles. The summed E-state index contributed by atoms with van der Waals surface area (Å²) >= 11 is 0. The molecule has 0 aliphatic heterocycles. The van der Waals surface area contributed by atoms with Gasteiger partial charge in [-0.1, -0.05) is 43.2 Å². The van der Waals surface area contributed by atoms with E-state index in [1.807, 2.05) is 0 Å². The highest BCUT2D eigenvalue weighted by Crippen LogP contribution is 2.42. The lowest BCUT2D eigenvalue weighted by molar-refractivity contribution is -0.154. The van der Waals surface area contributed by atoms with Crippen LogP contribution >= 0.6 is 0 Å². The number of halogens is 1. The van der Waals surface area contributed by atoms with E-state index in [2.05, 4.69) is 10.9 Å². The van der Waals surface area contributed by atoms with Crippen molar-refractivity contribution in [2.45, 2.75) is 31.1 Å². The van der Waals surface area contributed by atoms with Crippen LogP contribution in [-0.2, 0) is 19.7 Å². The summed E-state index contributed by atoms with van der Waals surface area (Å²) in [5, 5.41) is 0. The van der Waals surface area contributed by atoms with Gasteiger partial charge in [-0.2, -0.15) is 0 Å². The van der Waals surface area contributed by atoms with E-state index >= 15 is 0 Å². The second kappa shape index (κ2) is 8.65. The van der Waals surface area contributed by atoms with Crippen molar-refractivity contribution in [3.63, 3.8) is 0 Å². The van der Waals surface area contributed by atoms with Gasteiger partial charge in [0.25, 0.3) is 11.8 Å². The highest BCUT2D eigenvalue weighted by molar-refractivity contribution is 5.95. The van der Waals surface area contributed by atoms with E-state index in [-0.39, 0.29) is 5.82 Å². The first kappa shape index (κ1) is 19.5. The first-order valence-electron chi connectivity index (χ1n) is 9.09. The molecule has 1 aliphatic carbocycles. The second-order valence-electron chi connectivity index (χ2n) is 6.74. The van der Waals surface area contributed by atoms with Crippen LogP contribution in [-0.4, -0.2) is 24.4 Å². The van der Waals surface area contributed by atoms with Crippen LogP contribution in [0.4, 0.5) is 4.39 Å². The zero-order valence-electron chi connectivity index (χ0n) is 15.2. The molecule has 0 atom stereocenters. The maximum atomic E-state index is 13.2. The van der Waals surface area contributed by atoms with Crippen molar-refractivity contribution in [2.75, 3.05) is 6.61 Å². The Hall–Kier alpha value is -3.22. The first-order valence-corrected chi connectivity index (χ1v) is 9.09. The fourth-order valence-electron chi connectivity index (χ4n) is 3.45. The van der Waals surface area contributed by atoms with Crippen LogP contribution in [0.25, 0.3) is 0 Å². The molecule has 6 nitrogen and oxygen atoms in total. The van der Waals surface area contributed by atoms with E-state index in [4.69, 9.17) is 4.74 Å². The van der Waals surface area contributed by atoms with Crippen LogP contribution in [0.1, 0.15) is 41.6 Å². The zero-order chi connectivity index (χ0) is 20.0. The van der Waals surface area contributed by atoms with Gasteiger partial charge in [0.15, 0.2) is 6.61 Å². The number of hydrogen-bond acceptors (Lipinski definition) is 4. The highest BCUT2D eigenvalue weighted by atomic mass is 19.1. The number of ether oxygens (including phenoxy) is 1. The summed E-state index contributed by atoms with van der Waals surface area (Å²) in [6, 6.07) is 14.2. The lowest BCUT2D eigenvalue weighted by Crippen LogP contribution is -2.44. The lowest BCUT2D eigenvalue weighted by Gasteiger charge is -2.27. The Bertz CT molecular complexity index is 846. The third kappa shape index (κ3) is 4.36. The molecule has 0 spiro atoms. The third-order valence-electron chi connectivity index (χ3n) is 4.93. The number of benzene rings is 2. The van der Waals surface area contributed by atoms with Crippen LogP contribution < -0.4 is 10.9 Å². The van der Waals surface area contributed by atoms with Gasteiger partial charge in [0.05, 0.1) is 5.41 Å². The van der Waals surface area contributed by atoms with E-state index < -0.39 is 29.8 Å². The molecule has 0 unspecified atom stereocenters. The molecule has 0 heterocycles. The van der Waals surface area contributed by atoms with Gasteiger partial charge in [-0.3, -0.25) is 25.2 Å². The van der Waals surface area contributed by atoms with E-state index in [0.717, 1.165) is 12.8 Å². The van der Waals surface area contributed by atoms with Gasteiger partial charge in [-0.15, -0.1) is 0 Å². The Morgan fingerprint density at radius 1 is 0.929 bits per heavy atom. The molecule has 3 rings (SSSR count). The largest absolute Gasteiger partial charge is 0.455 e. The molecule has 146 valence electrons. The predicted octanol–water partition coefficient (Wildman–Crippen LogP) is 2.64. The molecule has 2 amide bonds. The smallest absolute Gasteiger partial charge is 0.317 e. The molecule has 0 radical (unpaired) electrons. The summed E-state index contributed by atoms with van der Waals surface area (Å²) in [5.74, 6) is -2.01. The van der Waals surface area contributed by atoms with Crippen molar-refractivity contribution in [1.82, 2.24) is 10.9 Å². The fraction of sp³-hybridized carbons (Fsp3) is 0.286. The lowest BCUT2D eigenvalue weighted by atomic mass is 9.79. The van der Waals surface area contributed by atoms with E-state index in [0.29, 0.717) is 24.0 Å². The van der Waals surface area contributed by atoms with Gasteiger partial charge < -0.3 is 4.74 Å². The quantitative estimate of drug-likeness (QED) is 0.613. The summed E-state index contributed by atoms with van der Waals surface area (Å²) in [6.45, 7) is -0.517. The Labute approximate surface area is 162 Å². The molecule has 2 N–H and O–H groups in total. The van der Waals surface area contributed by atoms with Gasteiger partial charge in [0, 0.05) is 5.56 Å². The number of carbonyl (C=O) groups excluding carboxylic acids is 3. The SMILES string of the molecule is O=C(COC(=O)C1(c2ccc(F)cc2)CCCC1)NNC(=O)c1ccccc1. The molecule has 7 heteroatoms. The average molecular weight is 384 g/mol. The molecule has 2 aromatic carbocycles. The molecule has 2 aromatic rings. The molecular formula is C21H21FN2O4. The fourth-order valence-corrected chi connectivity index (χ4v) is 3.45. The number of nitrogens with one attached hydrogen (secondary N) is 2.